The van der Waals surface area contributed by atoms with E-state index in [0.717, 1.165) is 5.56 Å². The van der Waals surface area contributed by atoms with Gasteiger partial charge in [0, 0.05) is 18.5 Å². The Labute approximate surface area is 149 Å². The second kappa shape index (κ2) is 6.95. The number of aryl methyl sites for hydroxylation is 1. The van der Waals surface area contributed by atoms with E-state index in [2.05, 4.69) is 0 Å². The monoisotopic (exact) mass is 356 g/mol. The van der Waals surface area contributed by atoms with E-state index in [1.54, 1.807) is 13.0 Å². The Hall–Kier alpha value is -3.22. The maximum atomic E-state index is 14.1. The maximum Gasteiger partial charge on any atom is 0.316 e. The molecule has 1 unspecified atom stereocenters. The minimum Gasteiger partial charge on any atom is -0.426 e. The van der Waals surface area contributed by atoms with Gasteiger partial charge in [0.25, 0.3) is 0 Å². The third-order valence-electron chi connectivity index (χ3n) is 4.19. The van der Waals surface area contributed by atoms with Gasteiger partial charge in [-0.15, -0.1) is 0 Å². The zero-order valence-corrected chi connectivity index (χ0v) is 14.1. The number of rotatable bonds is 4. The summed E-state index contributed by atoms with van der Waals surface area (Å²) >= 11 is 0. The van der Waals surface area contributed by atoms with Gasteiger partial charge in [-0.05, 0) is 42.8 Å². The molecule has 134 valence electrons. The van der Waals surface area contributed by atoms with Crippen molar-refractivity contribution in [3.8, 4) is 5.75 Å². The van der Waals surface area contributed by atoms with Crippen molar-refractivity contribution in [1.82, 2.24) is 0 Å². The normalized spacial score (nSPS) is 16.6. The molecular weight excluding hydrogens is 339 g/mol. The molecule has 0 aliphatic carbocycles. The number of halogens is 1. The molecule has 2 amide bonds. The van der Waals surface area contributed by atoms with E-state index in [1.165, 1.54) is 41.3 Å². The second-order valence-corrected chi connectivity index (χ2v) is 6.17. The third kappa shape index (κ3) is 3.56. The van der Waals surface area contributed by atoms with Gasteiger partial charge in [0.15, 0.2) is 0 Å². The van der Waals surface area contributed by atoms with Crippen LogP contribution in [0.15, 0.2) is 42.5 Å². The lowest BCUT2D eigenvalue weighted by molar-refractivity contribution is -0.139. The zero-order valence-electron chi connectivity index (χ0n) is 14.1. The summed E-state index contributed by atoms with van der Waals surface area (Å²) in [4.78, 5) is 37.0. The summed E-state index contributed by atoms with van der Waals surface area (Å²) in [6, 6.07) is 10.5. The smallest absolute Gasteiger partial charge is 0.316 e. The highest BCUT2D eigenvalue weighted by Crippen LogP contribution is 2.29. The van der Waals surface area contributed by atoms with Crippen LogP contribution in [0.25, 0.3) is 0 Å². The van der Waals surface area contributed by atoms with Gasteiger partial charge >= 0.3 is 5.97 Å². The molecule has 26 heavy (non-hydrogen) atoms. The van der Waals surface area contributed by atoms with Crippen LogP contribution in [0.4, 0.5) is 10.1 Å². The summed E-state index contributed by atoms with van der Waals surface area (Å²) < 4.78 is 19.4. The number of hydrogen-bond acceptors (Lipinski definition) is 4. The quantitative estimate of drug-likeness (QED) is 0.672. The number of carbonyl (C=O) groups excluding carboxylic acids is 3. The Bertz CT molecular complexity index is 897. The number of carbonyl (C=O) groups is 3. The number of primary amides is 1. The number of nitrogens with two attached hydrogens (primary N) is 1. The molecule has 0 spiro atoms. The summed E-state index contributed by atoms with van der Waals surface area (Å²) in [7, 11) is 0. The fourth-order valence-electron chi connectivity index (χ4n) is 2.84. The number of ether oxygens (including phenoxy) is 1. The predicted octanol–water partition coefficient (Wildman–Crippen LogP) is 2.19. The summed E-state index contributed by atoms with van der Waals surface area (Å²) in [5, 5.41) is 0. The van der Waals surface area contributed by atoms with Crippen LogP contribution in [-0.4, -0.2) is 24.3 Å². The lowest BCUT2D eigenvalue weighted by atomic mass is 10.1. The van der Waals surface area contributed by atoms with Crippen LogP contribution in [0, 0.1) is 18.7 Å². The van der Waals surface area contributed by atoms with E-state index < -0.39 is 23.6 Å². The highest BCUT2D eigenvalue weighted by atomic mass is 19.1. The van der Waals surface area contributed by atoms with Gasteiger partial charge in [0.2, 0.25) is 11.8 Å². The van der Waals surface area contributed by atoms with E-state index in [1.807, 2.05) is 0 Å². The minimum atomic E-state index is -0.722. The van der Waals surface area contributed by atoms with E-state index in [-0.39, 0.29) is 35.9 Å². The Morgan fingerprint density at radius 2 is 2.00 bits per heavy atom. The van der Waals surface area contributed by atoms with Crippen molar-refractivity contribution in [3.63, 3.8) is 0 Å². The molecule has 1 heterocycles. The van der Waals surface area contributed by atoms with Crippen LogP contribution in [-0.2, 0) is 9.59 Å². The third-order valence-corrected chi connectivity index (χ3v) is 4.19. The molecule has 0 bridgehead atoms. The van der Waals surface area contributed by atoms with Gasteiger partial charge in [0.1, 0.15) is 11.6 Å². The molecule has 2 aromatic carbocycles. The Morgan fingerprint density at radius 3 is 2.69 bits per heavy atom. The van der Waals surface area contributed by atoms with Crippen LogP contribution in [0.1, 0.15) is 22.3 Å². The Kier molecular flexibility index (Phi) is 4.71. The van der Waals surface area contributed by atoms with Crippen LogP contribution in [0.2, 0.25) is 0 Å². The predicted molar refractivity (Wildman–Crippen MR) is 92.2 cm³/mol. The van der Waals surface area contributed by atoms with Crippen molar-refractivity contribution in [3.05, 3.63) is 59.4 Å². The Morgan fingerprint density at radius 1 is 1.23 bits per heavy atom. The molecule has 1 aliphatic heterocycles. The fraction of sp³-hybridized carbons (Fsp3) is 0.211. The van der Waals surface area contributed by atoms with Gasteiger partial charge < -0.3 is 15.4 Å². The molecule has 0 saturated carbocycles. The fourth-order valence-corrected chi connectivity index (χ4v) is 2.84. The largest absolute Gasteiger partial charge is 0.426 e. The summed E-state index contributed by atoms with van der Waals surface area (Å²) in [5.41, 5.74) is 6.29. The topological polar surface area (TPSA) is 89.7 Å². The van der Waals surface area contributed by atoms with Crippen molar-refractivity contribution in [2.45, 2.75) is 13.3 Å². The van der Waals surface area contributed by atoms with Crippen LogP contribution in [0.5, 0.6) is 5.75 Å². The van der Waals surface area contributed by atoms with Crippen molar-refractivity contribution >= 4 is 23.5 Å². The molecule has 2 N–H and O–H groups in total. The molecule has 1 atom stereocenters. The summed E-state index contributed by atoms with van der Waals surface area (Å²) in [6.07, 6.45) is -0.0678. The lowest BCUT2D eigenvalue weighted by Gasteiger charge is -2.17. The molecule has 2 aromatic rings. The van der Waals surface area contributed by atoms with E-state index in [0.29, 0.717) is 0 Å². The molecule has 0 radical (unpaired) electrons. The van der Waals surface area contributed by atoms with Crippen molar-refractivity contribution in [1.29, 1.82) is 0 Å². The SMILES string of the molecule is Cc1ccc(N2CC(C(=O)Oc3cccc(C(N)=O)c3)CC2=O)c(F)c1. The lowest BCUT2D eigenvalue weighted by Crippen LogP contribution is -2.28. The van der Waals surface area contributed by atoms with E-state index >= 15 is 0 Å². The summed E-state index contributed by atoms with van der Waals surface area (Å²) in [5.74, 6) is -2.67. The minimum absolute atomic E-state index is 0.0349. The average molecular weight is 356 g/mol. The first-order chi connectivity index (χ1) is 12.3. The summed E-state index contributed by atoms with van der Waals surface area (Å²) in [6.45, 7) is 1.78. The van der Waals surface area contributed by atoms with E-state index in [4.69, 9.17) is 10.5 Å². The number of nitrogens with zero attached hydrogens (tertiary/aromatic N) is 1. The highest BCUT2D eigenvalue weighted by Gasteiger charge is 2.37. The highest BCUT2D eigenvalue weighted by molar-refractivity contribution is 6.00. The zero-order chi connectivity index (χ0) is 18.8. The second-order valence-electron chi connectivity index (χ2n) is 6.17. The molecule has 6 nitrogen and oxygen atoms in total. The van der Waals surface area contributed by atoms with Gasteiger partial charge in [0.05, 0.1) is 11.6 Å². The molecule has 1 aliphatic rings. The number of hydrogen-bond donors (Lipinski definition) is 1. The molecule has 1 saturated heterocycles. The molecule has 3 rings (SSSR count). The number of anilines is 1. The van der Waals surface area contributed by atoms with Gasteiger partial charge in [-0.3, -0.25) is 14.4 Å². The molecular formula is C19H17FN2O4. The van der Waals surface area contributed by atoms with Crippen molar-refractivity contribution in [2.75, 3.05) is 11.4 Å². The number of amides is 2. The van der Waals surface area contributed by atoms with Gasteiger partial charge in [-0.2, -0.15) is 0 Å². The number of esters is 1. The van der Waals surface area contributed by atoms with Gasteiger partial charge in [-0.25, -0.2) is 4.39 Å². The standard InChI is InChI=1S/C19H17FN2O4/c1-11-5-6-16(15(20)7-11)22-10-13(9-17(22)23)19(25)26-14-4-2-3-12(8-14)18(21)24/h2-8,13H,9-10H2,1H3,(H2,21,24). The first-order valence-corrected chi connectivity index (χ1v) is 8.03. The van der Waals surface area contributed by atoms with Crippen LogP contribution >= 0.6 is 0 Å². The van der Waals surface area contributed by atoms with E-state index in [9.17, 15) is 18.8 Å². The molecule has 1 fully saturated rings. The van der Waals surface area contributed by atoms with Crippen molar-refractivity contribution in [2.24, 2.45) is 11.7 Å². The van der Waals surface area contributed by atoms with Crippen LogP contribution < -0.4 is 15.4 Å². The van der Waals surface area contributed by atoms with Crippen molar-refractivity contribution < 1.29 is 23.5 Å². The maximum absolute atomic E-state index is 14.1. The Balaban J connectivity index is 1.73. The average Bonchev–Trinajstić information content (AvgIpc) is 2.97. The van der Waals surface area contributed by atoms with Gasteiger partial charge in [-0.1, -0.05) is 12.1 Å². The van der Waals surface area contributed by atoms with Crippen LogP contribution in [0.3, 0.4) is 0 Å². The number of benzene rings is 2. The molecule has 0 aromatic heterocycles. The first kappa shape index (κ1) is 17.6. The molecule has 7 heteroatoms. The first-order valence-electron chi connectivity index (χ1n) is 8.03.